The number of nitrogens with one attached hydrogen (secondary N) is 1. The van der Waals surface area contributed by atoms with Crippen LogP contribution in [0.3, 0.4) is 0 Å². The van der Waals surface area contributed by atoms with E-state index in [-0.39, 0.29) is 11.8 Å². The van der Waals surface area contributed by atoms with Gasteiger partial charge in [0.2, 0.25) is 5.91 Å². The summed E-state index contributed by atoms with van der Waals surface area (Å²) in [4.78, 5) is 28.7. The number of hydrogen-bond acceptors (Lipinski definition) is 5. The Kier molecular flexibility index (Phi) is 6.13. The topological polar surface area (TPSA) is 75.0 Å². The Labute approximate surface area is 158 Å². The van der Waals surface area contributed by atoms with Crippen molar-refractivity contribution < 1.29 is 18.7 Å². The van der Waals surface area contributed by atoms with Crippen LogP contribution < -0.4 is 10.2 Å². The van der Waals surface area contributed by atoms with Crippen molar-refractivity contribution in [3.05, 3.63) is 54.0 Å². The second kappa shape index (κ2) is 8.73. The highest BCUT2D eigenvalue weighted by atomic mass is 16.5. The largest absolute Gasteiger partial charge is 0.472 e. The van der Waals surface area contributed by atoms with Gasteiger partial charge in [0, 0.05) is 32.4 Å². The Bertz CT molecular complexity index is 769. The van der Waals surface area contributed by atoms with E-state index in [4.69, 9.17) is 9.15 Å². The number of hydrogen-bond donors (Lipinski definition) is 1. The van der Waals surface area contributed by atoms with Crippen LogP contribution in [-0.4, -0.2) is 56.1 Å². The van der Waals surface area contributed by atoms with Gasteiger partial charge in [0.05, 0.1) is 25.0 Å². The summed E-state index contributed by atoms with van der Waals surface area (Å²) >= 11 is 0. The molecule has 3 rings (SSSR count). The molecule has 0 aliphatic carbocycles. The zero-order valence-electron chi connectivity index (χ0n) is 15.7. The van der Waals surface area contributed by atoms with Crippen molar-refractivity contribution in [3.63, 3.8) is 0 Å². The summed E-state index contributed by atoms with van der Waals surface area (Å²) in [6.45, 7) is 5.25. The first-order valence-electron chi connectivity index (χ1n) is 9.05. The van der Waals surface area contributed by atoms with Crippen molar-refractivity contribution in [2.45, 2.75) is 19.5 Å². The SMILES string of the molecule is C[C@H](NC(=O)c1ccoc1)C(=O)N(C)Cc1ccccc1N1CCOCC1. The van der Waals surface area contributed by atoms with Gasteiger partial charge in [-0.15, -0.1) is 0 Å². The van der Waals surface area contributed by atoms with Crippen LogP contribution in [0.15, 0.2) is 47.3 Å². The van der Waals surface area contributed by atoms with E-state index in [1.807, 2.05) is 18.2 Å². The molecule has 1 aromatic heterocycles. The third-order valence-corrected chi connectivity index (χ3v) is 4.63. The summed E-state index contributed by atoms with van der Waals surface area (Å²) in [6.07, 6.45) is 2.78. The Morgan fingerprint density at radius 1 is 1.22 bits per heavy atom. The maximum absolute atomic E-state index is 12.7. The highest BCUT2D eigenvalue weighted by Gasteiger charge is 2.22. The van der Waals surface area contributed by atoms with Crippen LogP contribution in [0.25, 0.3) is 0 Å². The third kappa shape index (κ3) is 4.68. The van der Waals surface area contributed by atoms with Crippen LogP contribution >= 0.6 is 0 Å². The molecule has 2 aromatic rings. The number of anilines is 1. The van der Waals surface area contributed by atoms with Crippen LogP contribution in [-0.2, 0) is 16.1 Å². The summed E-state index contributed by atoms with van der Waals surface area (Å²) in [7, 11) is 1.75. The Morgan fingerprint density at radius 3 is 2.67 bits per heavy atom. The van der Waals surface area contributed by atoms with Crippen molar-refractivity contribution in [1.29, 1.82) is 0 Å². The second-order valence-electron chi connectivity index (χ2n) is 6.63. The molecular formula is C20H25N3O4. The Balaban J connectivity index is 1.63. The average Bonchev–Trinajstić information content (AvgIpc) is 3.23. The van der Waals surface area contributed by atoms with Gasteiger partial charge < -0.3 is 24.3 Å². The number of nitrogens with zero attached hydrogens (tertiary/aromatic N) is 2. The minimum Gasteiger partial charge on any atom is -0.472 e. The number of ether oxygens (including phenoxy) is 1. The van der Waals surface area contributed by atoms with E-state index in [1.165, 1.54) is 12.5 Å². The number of benzene rings is 1. The molecule has 1 N–H and O–H groups in total. The number of likely N-dealkylation sites (N-methyl/N-ethyl adjacent to an activating group) is 1. The Hall–Kier alpha value is -2.80. The molecule has 1 aromatic carbocycles. The fourth-order valence-electron chi connectivity index (χ4n) is 3.16. The molecule has 144 valence electrons. The van der Waals surface area contributed by atoms with Crippen molar-refractivity contribution in [3.8, 4) is 0 Å². The molecule has 0 bridgehead atoms. The monoisotopic (exact) mass is 371 g/mol. The first-order chi connectivity index (χ1) is 13.1. The van der Waals surface area contributed by atoms with Gasteiger partial charge in [-0.25, -0.2) is 0 Å². The number of carbonyl (C=O) groups excluding carboxylic acids is 2. The number of morpholine rings is 1. The summed E-state index contributed by atoms with van der Waals surface area (Å²) in [6, 6.07) is 9.01. The first-order valence-corrected chi connectivity index (χ1v) is 9.05. The van der Waals surface area contributed by atoms with Crippen LogP contribution in [0.5, 0.6) is 0 Å². The third-order valence-electron chi connectivity index (χ3n) is 4.63. The lowest BCUT2D eigenvalue weighted by Crippen LogP contribution is -2.45. The van der Waals surface area contributed by atoms with Gasteiger partial charge in [-0.05, 0) is 24.6 Å². The highest BCUT2D eigenvalue weighted by molar-refractivity contribution is 5.97. The number of para-hydroxylation sites is 1. The molecule has 1 aliphatic rings. The highest BCUT2D eigenvalue weighted by Crippen LogP contribution is 2.22. The van der Waals surface area contributed by atoms with Gasteiger partial charge in [0.15, 0.2) is 0 Å². The molecule has 2 heterocycles. The smallest absolute Gasteiger partial charge is 0.255 e. The quantitative estimate of drug-likeness (QED) is 0.839. The van der Waals surface area contributed by atoms with E-state index in [0.29, 0.717) is 25.3 Å². The number of rotatable bonds is 6. The maximum Gasteiger partial charge on any atom is 0.255 e. The molecule has 0 spiro atoms. The Morgan fingerprint density at radius 2 is 1.96 bits per heavy atom. The van der Waals surface area contributed by atoms with Gasteiger partial charge in [-0.2, -0.15) is 0 Å². The summed E-state index contributed by atoms with van der Waals surface area (Å²) in [5, 5.41) is 2.71. The van der Waals surface area contributed by atoms with Gasteiger partial charge in [0.1, 0.15) is 12.3 Å². The standard InChI is InChI=1S/C20H25N3O4/c1-15(21-19(24)17-7-10-27-14-17)20(25)22(2)13-16-5-3-4-6-18(16)23-8-11-26-12-9-23/h3-7,10,14-15H,8-9,11-13H2,1-2H3,(H,21,24)/t15-/m0/s1. The fraction of sp³-hybridized carbons (Fsp3) is 0.400. The summed E-state index contributed by atoms with van der Waals surface area (Å²) < 4.78 is 10.3. The predicted molar refractivity (Wildman–Crippen MR) is 102 cm³/mol. The fourth-order valence-corrected chi connectivity index (χ4v) is 3.16. The van der Waals surface area contributed by atoms with Crippen molar-refractivity contribution in [2.75, 3.05) is 38.3 Å². The normalized spacial score (nSPS) is 15.3. The maximum atomic E-state index is 12.7. The summed E-state index contributed by atoms with van der Waals surface area (Å²) in [5.41, 5.74) is 2.59. The number of amides is 2. The van der Waals surface area contributed by atoms with Gasteiger partial charge in [0.25, 0.3) is 5.91 Å². The van der Waals surface area contributed by atoms with Crippen LogP contribution in [0, 0.1) is 0 Å². The molecule has 2 amide bonds. The zero-order valence-corrected chi connectivity index (χ0v) is 15.7. The molecule has 7 heteroatoms. The van der Waals surface area contributed by atoms with E-state index >= 15 is 0 Å². The van der Waals surface area contributed by atoms with Gasteiger partial charge in [-0.3, -0.25) is 9.59 Å². The lowest BCUT2D eigenvalue weighted by atomic mass is 10.1. The van der Waals surface area contributed by atoms with E-state index < -0.39 is 6.04 Å². The lowest BCUT2D eigenvalue weighted by Gasteiger charge is -2.31. The number of furan rings is 1. The van der Waals surface area contributed by atoms with Gasteiger partial charge in [-0.1, -0.05) is 18.2 Å². The zero-order chi connectivity index (χ0) is 19.2. The molecule has 27 heavy (non-hydrogen) atoms. The molecule has 0 unspecified atom stereocenters. The molecular weight excluding hydrogens is 346 g/mol. The van der Waals surface area contributed by atoms with E-state index in [1.54, 1.807) is 24.9 Å². The predicted octanol–water partition coefficient (Wildman–Crippen LogP) is 1.89. The van der Waals surface area contributed by atoms with Gasteiger partial charge >= 0.3 is 0 Å². The van der Waals surface area contributed by atoms with Crippen LogP contribution in [0.4, 0.5) is 5.69 Å². The average molecular weight is 371 g/mol. The second-order valence-corrected chi connectivity index (χ2v) is 6.63. The number of carbonyl (C=O) groups is 2. The molecule has 1 fully saturated rings. The van der Waals surface area contributed by atoms with Crippen molar-refractivity contribution >= 4 is 17.5 Å². The first kappa shape index (κ1) is 19.0. The van der Waals surface area contributed by atoms with E-state index in [9.17, 15) is 9.59 Å². The minimum atomic E-state index is -0.632. The van der Waals surface area contributed by atoms with Crippen LogP contribution in [0.1, 0.15) is 22.8 Å². The molecule has 1 aliphatic heterocycles. The molecule has 1 atom stereocenters. The van der Waals surface area contributed by atoms with E-state index in [0.717, 1.165) is 24.3 Å². The van der Waals surface area contributed by atoms with Crippen molar-refractivity contribution in [1.82, 2.24) is 10.2 Å². The molecule has 0 radical (unpaired) electrons. The summed E-state index contributed by atoms with van der Waals surface area (Å²) in [5.74, 6) is -0.477. The minimum absolute atomic E-state index is 0.149. The lowest BCUT2D eigenvalue weighted by molar-refractivity contribution is -0.132. The van der Waals surface area contributed by atoms with E-state index in [2.05, 4.69) is 16.3 Å². The molecule has 7 nitrogen and oxygen atoms in total. The van der Waals surface area contributed by atoms with Crippen molar-refractivity contribution in [2.24, 2.45) is 0 Å². The molecule has 0 saturated carbocycles. The molecule has 1 saturated heterocycles. The van der Waals surface area contributed by atoms with Crippen LogP contribution in [0.2, 0.25) is 0 Å².